The minimum absolute atomic E-state index is 0.00368. The van der Waals surface area contributed by atoms with Crippen LogP contribution in [-0.4, -0.2) is 41.7 Å². The lowest BCUT2D eigenvalue weighted by molar-refractivity contribution is -0.133. The Balaban J connectivity index is 2.31. The van der Waals surface area contributed by atoms with Gasteiger partial charge in [0.1, 0.15) is 5.75 Å². The zero-order chi connectivity index (χ0) is 15.0. The van der Waals surface area contributed by atoms with Crippen molar-refractivity contribution in [1.82, 2.24) is 4.90 Å². The molecule has 0 bridgehead atoms. The van der Waals surface area contributed by atoms with Crippen molar-refractivity contribution in [3.05, 3.63) is 29.8 Å². The number of carbonyl (C=O) groups is 1. The fourth-order valence-electron chi connectivity index (χ4n) is 2.04. The SMILES string of the molecule is Cc1cccc(OCCCC(=O)N(CCO)C(C)C)c1. The molecule has 1 aromatic rings. The van der Waals surface area contributed by atoms with Gasteiger partial charge in [0.15, 0.2) is 0 Å². The van der Waals surface area contributed by atoms with Crippen LogP contribution in [0.2, 0.25) is 0 Å². The predicted octanol–water partition coefficient (Wildman–Crippen LogP) is 2.38. The van der Waals surface area contributed by atoms with Gasteiger partial charge in [-0.1, -0.05) is 12.1 Å². The summed E-state index contributed by atoms with van der Waals surface area (Å²) < 4.78 is 5.62. The summed E-state index contributed by atoms with van der Waals surface area (Å²) in [5.41, 5.74) is 1.16. The van der Waals surface area contributed by atoms with E-state index in [4.69, 9.17) is 9.84 Å². The highest BCUT2D eigenvalue weighted by molar-refractivity contribution is 5.76. The van der Waals surface area contributed by atoms with Crippen LogP contribution < -0.4 is 4.74 Å². The van der Waals surface area contributed by atoms with Gasteiger partial charge < -0.3 is 14.7 Å². The number of aliphatic hydroxyl groups excluding tert-OH is 1. The van der Waals surface area contributed by atoms with Gasteiger partial charge in [-0.05, 0) is 44.9 Å². The van der Waals surface area contributed by atoms with Crippen molar-refractivity contribution < 1.29 is 14.6 Å². The maximum absolute atomic E-state index is 12.0. The molecular formula is C16H25NO3. The average Bonchev–Trinajstić information content (AvgIpc) is 2.40. The molecular weight excluding hydrogens is 254 g/mol. The highest BCUT2D eigenvalue weighted by Crippen LogP contribution is 2.13. The van der Waals surface area contributed by atoms with Crippen LogP contribution in [0.1, 0.15) is 32.3 Å². The summed E-state index contributed by atoms with van der Waals surface area (Å²) >= 11 is 0. The summed E-state index contributed by atoms with van der Waals surface area (Å²) in [6, 6.07) is 7.99. The van der Waals surface area contributed by atoms with Gasteiger partial charge in [0.25, 0.3) is 0 Å². The normalized spacial score (nSPS) is 10.7. The summed E-state index contributed by atoms with van der Waals surface area (Å²) in [7, 11) is 0. The Labute approximate surface area is 121 Å². The molecule has 1 N–H and O–H groups in total. The smallest absolute Gasteiger partial charge is 0.223 e. The average molecular weight is 279 g/mol. The van der Waals surface area contributed by atoms with Crippen LogP contribution in [-0.2, 0) is 4.79 Å². The summed E-state index contributed by atoms with van der Waals surface area (Å²) in [6.07, 6.45) is 1.13. The molecule has 1 amide bonds. The number of aliphatic hydroxyl groups is 1. The van der Waals surface area contributed by atoms with Crippen molar-refractivity contribution in [3.63, 3.8) is 0 Å². The van der Waals surface area contributed by atoms with Crippen molar-refractivity contribution in [1.29, 1.82) is 0 Å². The first-order valence-electron chi connectivity index (χ1n) is 7.14. The second-order valence-electron chi connectivity index (χ2n) is 5.17. The van der Waals surface area contributed by atoms with E-state index in [9.17, 15) is 4.79 Å². The number of hydrogen-bond donors (Lipinski definition) is 1. The molecule has 20 heavy (non-hydrogen) atoms. The van der Waals surface area contributed by atoms with Crippen molar-refractivity contribution in [3.8, 4) is 5.75 Å². The van der Waals surface area contributed by atoms with E-state index in [0.29, 0.717) is 26.0 Å². The summed E-state index contributed by atoms with van der Waals surface area (Å²) in [4.78, 5) is 13.7. The van der Waals surface area contributed by atoms with Crippen molar-refractivity contribution >= 4 is 5.91 Å². The summed E-state index contributed by atoms with van der Waals surface area (Å²) in [6.45, 7) is 6.86. The predicted molar refractivity (Wildman–Crippen MR) is 79.8 cm³/mol. The molecule has 0 aliphatic carbocycles. The van der Waals surface area contributed by atoms with Crippen LogP contribution in [0.3, 0.4) is 0 Å². The van der Waals surface area contributed by atoms with Gasteiger partial charge in [0.05, 0.1) is 13.2 Å². The Morgan fingerprint density at radius 3 is 2.75 bits per heavy atom. The van der Waals surface area contributed by atoms with Crippen LogP contribution >= 0.6 is 0 Å². The molecule has 0 radical (unpaired) electrons. The van der Waals surface area contributed by atoms with Gasteiger partial charge in [-0.25, -0.2) is 0 Å². The monoisotopic (exact) mass is 279 g/mol. The van der Waals surface area contributed by atoms with Crippen molar-refractivity contribution in [2.24, 2.45) is 0 Å². The molecule has 4 nitrogen and oxygen atoms in total. The molecule has 0 saturated heterocycles. The number of benzene rings is 1. The number of amides is 1. The van der Waals surface area contributed by atoms with Crippen molar-refractivity contribution in [2.45, 2.75) is 39.7 Å². The minimum Gasteiger partial charge on any atom is -0.494 e. The zero-order valence-electron chi connectivity index (χ0n) is 12.6. The molecule has 0 aliphatic heterocycles. The van der Waals surface area contributed by atoms with Gasteiger partial charge in [-0.3, -0.25) is 4.79 Å². The molecule has 0 aromatic heterocycles. The van der Waals surface area contributed by atoms with Gasteiger partial charge in [-0.2, -0.15) is 0 Å². The first kappa shape index (κ1) is 16.5. The molecule has 0 aliphatic rings. The number of hydrogen-bond acceptors (Lipinski definition) is 3. The summed E-state index contributed by atoms with van der Waals surface area (Å²) in [5, 5.41) is 8.96. The molecule has 4 heteroatoms. The molecule has 0 fully saturated rings. The van der Waals surface area contributed by atoms with Gasteiger partial charge >= 0.3 is 0 Å². The third-order valence-electron chi connectivity index (χ3n) is 3.08. The maximum atomic E-state index is 12.0. The zero-order valence-corrected chi connectivity index (χ0v) is 12.6. The second-order valence-corrected chi connectivity index (χ2v) is 5.17. The van der Waals surface area contributed by atoms with Gasteiger partial charge in [0.2, 0.25) is 5.91 Å². The molecule has 1 rings (SSSR count). The highest BCUT2D eigenvalue weighted by atomic mass is 16.5. The molecule has 0 spiro atoms. The number of aryl methyl sites for hydroxylation is 1. The maximum Gasteiger partial charge on any atom is 0.223 e. The van der Waals surface area contributed by atoms with E-state index < -0.39 is 0 Å². The number of rotatable bonds is 8. The van der Waals surface area contributed by atoms with E-state index in [-0.39, 0.29) is 18.6 Å². The first-order chi connectivity index (χ1) is 9.54. The van der Waals surface area contributed by atoms with Crippen LogP contribution in [0.4, 0.5) is 0 Å². The van der Waals surface area contributed by atoms with E-state index in [1.54, 1.807) is 4.90 Å². The van der Waals surface area contributed by atoms with E-state index in [0.717, 1.165) is 11.3 Å². The number of nitrogens with zero attached hydrogens (tertiary/aromatic N) is 1. The van der Waals surface area contributed by atoms with Gasteiger partial charge in [0, 0.05) is 19.0 Å². The molecule has 0 unspecified atom stereocenters. The largest absolute Gasteiger partial charge is 0.494 e. The Morgan fingerprint density at radius 1 is 1.40 bits per heavy atom. The van der Waals surface area contributed by atoms with Crippen molar-refractivity contribution in [2.75, 3.05) is 19.8 Å². The lowest BCUT2D eigenvalue weighted by atomic mass is 10.2. The van der Waals surface area contributed by atoms with Crippen LogP contribution in [0, 0.1) is 6.92 Å². The molecule has 112 valence electrons. The molecule has 0 heterocycles. The third-order valence-corrected chi connectivity index (χ3v) is 3.08. The Morgan fingerprint density at radius 2 is 2.15 bits per heavy atom. The Bertz CT molecular complexity index is 418. The topological polar surface area (TPSA) is 49.8 Å². The Kier molecular flexibility index (Phi) is 7.09. The number of carbonyl (C=O) groups excluding carboxylic acids is 1. The van der Waals surface area contributed by atoms with E-state index in [2.05, 4.69) is 0 Å². The van der Waals surface area contributed by atoms with Crippen LogP contribution in [0.25, 0.3) is 0 Å². The highest BCUT2D eigenvalue weighted by Gasteiger charge is 2.15. The lowest BCUT2D eigenvalue weighted by Gasteiger charge is -2.26. The quantitative estimate of drug-likeness (QED) is 0.743. The van der Waals surface area contributed by atoms with E-state index in [1.807, 2.05) is 45.0 Å². The van der Waals surface area contributed by atoms with Gasteiger partial charge in [-0.15, -0.1) is 0 Å². The lowest BCUT2D eigenvalue weighted by Crippen LogP contribution is -2.39. The number of ether oxygens (including phenoxy) is 1. The molecule has 1 aromatic carbocycles. The van der Waals surface area contributed by atoms with Crippen LogP contribution in [0.5, 0.6) is 5.75 Å². The molecule has 0 atom stereocenters. The van der Waals surface area contributed by atoms with Crippen LogP contribution in [0.15, 0.2) is 24.3 Å². The second kappa shape index (κ2) is 8.59. The third kappa shape index (κ3) is 5.61. The summed E-state index contributed by atoms with van der Waals surface area (Å²) in [5.74, 6) is 0.912. The fourth-order valence-corrected chi connectivity index (χ4v) is 2.04. The molecule has 0 saturated carbocycles. The van der Waals surface area contributed by atoms with E-state index >= 15 is 0 Å². The Hall–Kier alpha value is -1.55. The standard InChI is InChI=1S/C16H25NO3/c1-13(2)17(9-10-18)16(19)8-5-11-20-15-7-4-6-14(3)12-15/h4,6-7,12-13,18H,5,8-11H2,1-3H3. The fraction of sp³-hybridized carbons (Fsp3) is 0.562. The first-order valence-corrected chi connectivity index (χ1v) is 7.14. The minimum atomic E-state index is 0.00368. The van der Waals surface area contributed by atoms with E-state index in [1.165, 1.54) is 0 Å².